The van der Waals surface area contributed by atoms with Crippen molar-refractivity contribution in [3.05, 3.63) is 0 Å². The van der Waals surface area contributed by atoms with E-state index >= 15 is 0 Å². The molecule has 1 aliphatic carbocycles. The first-order chi connectivity index (χ1) is 4.68. The van der Waals surface area contributed by atoms with Crippen molar-refractivity contribution in [2.75, 3.05) is 0 Å². The van der Waals surface area contributed by atoms with Gasteiger partial charge in [0.1, 0.15) is 0 Å². The van der Waals surface area contributed by atoms with E-state index in [-0.39, 0.29) is 12.1 Å². The van der Waals surface area contributed by atoms with Crippen LogP contribution in [0.1, 0.15) is 19.3 Å². The minimum atomic E-state index is -2.64. The summed E-state index contributed by atoms with van der Waals surface area (Å²) in [4.78, 5) is 0. The van der Waals surface area contributed by atoms with E-state index in [0.717, 1.165) is 6.42 Å². The predicted molar refractivity (Wildman–Crippen MR) is 32.7 cm³/mol. The summed E-state index contributed by atoms with van der Waals surface area (Å²) in [5.74, 6) is 0. The summed E-state index contributed by atoms with van der Waals surface area (Å²) in [7, 11) is 0. The molecule has 0 bridgehead atoms. The molecular formula is C6H11F2NO. The maximum absolute atomic E-state index is 11.6. The van der Waals surface area contributed by atoms with Crippen molar-refractivity contribution in [3.63, 3.8) is 0 Å². The van der Waals surface area contributed by atoms with Gasteiger partial charge < -0.3 is 10.5 Å². The lowest BCUT2D eigenvalue weighted by Gasteiger charge is -2.08. The predicted octanol–water partition coefficient (Wildman–Crippen LogP) is 1.11. The Hall–Kier alpha value is -0.220. The van der Waals surface area contributed by atoms with Crippen molar-refractivity contribution in [3.8, 4) is 0 Å². The summed E-state index contributed by atoms with van der Waals surface area (Å²) in [6, 6.07) is 0.0590. The quantitative estimate of drug-likeness (QED) is 0.641. The van der Waals surface area contributed by atoms with Gasteiger partial charge in [0.2, 0.25) is 0 Å². The highest BCUT2D eigenvalue weighted by Gasteiger charge is 2.24. The van der Waals surface area contributed by atoms with Crippen molar-refractivity contribution < 1.29 is 13.5 Å². The van der Waals surface area contributed by atoms with Crippen LogP contribution in [0.3, 0.4) is 0 Å². The molecule has 4 heteroatoms. The molecule has 1 saturated carbocycles. The van der Waals surface area contributed by atoms with E-state index in [2.05, 4.69) is 4.74 Å². The van der Waals surface area contributed by atoms with Crippen molar-refractivity contribution in [2.24, 2.45) is 5.73 Å². The molecule has 60 valence electrons. The Bertz CT molecular complexity index is 110. The Balaban J connectivity index is 2.18. The zero-order valence-corrected chi connectivity index (χ0v) is 5.59. The highest BCUT2D eigenvalue weighted by molar-refractivity contribution is 4.77. The summed E-state index contributed by atoms with van der Waals surface area (Å²) >= 11 is 0. The van der Waals surface area contributed by atoms with Crippen molar-refractivity contribution in [2.45, 2.75) is 38.0 Å². The fourth-order valence-corrected chi connectivity index (χ4v) is 1.24. The number of nitrogens with two attached hydrogens (primary N) is 1. The molecule has 0 aromatic heterocycles. The van der Waals surface area contributed by atoms with E-state index in [1.807, 2.05) is 0 Å². The molecule has 0 aromatic rings. The number of hydrogen-bond acceptors (Lipinski definition) is 2. The third-order valence-electron chi connectivity index (χ3n) is 1.72. The first kappa shape index (κ1) is 7.88. The molecule has 0 aromatic carbocycles. The summed E-state index contributed by atoms with van der Waals surface area (Å²) in [5, 5.41) is 0. The van der Waals surface area contributed by atoms with Crippen LogP contribution < -0.4 is 5.73 Å². The Morgan fingerprint density at radius 2 is 2.10 bits per heavy atom. The van der Waals surface area contributed by atoms with Crippen molar-refractivity contribution >= 4 is 0 Å². The van der Waals surface area contributed by atoms with Crippen LogP contribution in [0.5, 0.6) is 0 Å². The standard InChI is InChI=1S/C6H11F2NO/c7-6(8)10-5-2-1-4(9)3-5/h4-6H,1-3,9H2. The molecule has 0 spiro atoms. The Kier molecular flexibility index (Phi) is 2.56. The zero-order chi connectivity index (χ0) is 7.56. The monoisotopic (exact) mass is 151 g/mol. The van der Waals surface area contributed by atoms with Gasteiger partial charge in [-0.05, 0) is 19.3 Å². The molecule has 1 fully saturated rings. The molecular weight excluding hydrogens is 140 g/mol. The number of alkyl halides is 2. The highest BCUT2D eigenvalue weighted by Crippen LogP contribution is 2.21. The van der Waals surface area contributed by atoms with Gasteiger partial charge in [-0.3, -0.25) is 0 Å². The second-order valence-corrected chi connectivity index (χ2v) is 2.59. The molecule has 2 nitrogen and oxygen atoms in total. The number of ether oxygens (including phenoxy) is 1. The minimum Gasteiger partial charge on any atom is -0.328 e. The van der Waals surface area contributed by atoms with Crippen molar-refractivity contribution in [1.82, 2.24) is 0 Å². The SMILES string of the molecule is NC1CCC(OC(F)F)C1. The molecule has 1 aliphatic rings. The normalized spacial score (nSPS) is 33.6. The van der Waals surface area contributed by atoms with Gasteiger partial charge in [-0.2, -0.15) is 8.78 Å². The Morgan fingerprint density at radius 1 is 1.40 bits per heavy atom. The molecule has 0 radical (unpaired) electrons. The second-order valence-electron chi connectivity index (χ2n) is 2.59. The maximum Gasteiger partial charge on any atom is 0.345 e. The van der Waals surface area contributed by atoms with E-state index in [9.17, 15) is 8.78 Å². The first-order valence-electron chi connectivity index (χ1n) is 3.37. The third-order valence-corrected chi connectivity index (χ3v) is 1.72. The topological polar surface area (TPSA) is 35.2 Å². The fraction of sp³-hybridized carbons (Fsp3) is 1.00. The summed E-state index contributed by atoms with van der Waals surface area (Å²) in [6.07, 6.45) is 1.74. The summed E-state index contributed by atoms with van der Waals surface area (Å²) in [5.41, 5.74) is 5.48. The Morgan fingerprint density at radius 3 is 2.50 bits per heavy atom. The average Bonchev–Trinajstić information content (AvgIpc) is 2.13. The lowest BCUT2D eigenvalue weighted by Crippen LogP contribution is -2.18. The molecule has 1 rings (SSSR count). The van der Waals surface area contributed by atoms with Crippen LogP contribution in [0.4, 0.5) is 8.78 Å². The van der Waals surface area contributed by atoms with Gasteiger partial charge in [-0.1, -0.05) is 0 Å². The van der Waals surface area contributed by atoms with Crippen LogP contribution in [0, 0.1) is 0 Å². The first-order valence-corrected chi connectivity index (χ1v) is 3.37. The number of halogens is 2. The van der Waals surface area contributed by atoms with Crippen LogP contribution in [-0.4, -0.2) is 18.8 Å². The molecule has 0 amide bonds. The van der Waals surface area contributed by atoms with Gasteiger partial charge in [0.05, 0.1) is 6.10 Å². The van der Waals surface area contributed by atoms with Crippen LogP contribution >= 0.6 is 0 Å². The zero-order valence-electron chi connectivity index (χ0n) is 5.59. The molecule has 10 heavy (non-hydrogen) atoms. The smallest absolute Gasteiger partial charge is 0.328 e. The Labute approximate surface area is 58.3 Å². The van der Waals surface area contributed by atoms with Crippen LogP contribution in [0.25, 0.3) is 0 Å². The van der Waals surface area contributed by atoms with Gasteiger partial charge in [0.25, 0.3) is 0 Å². The van der Waals surface area contributed by atoms with E-state index < -0.39 is 6.61 Å². The van der Waals surface area contributed by atoms with Crippen LogP contribution in [0.2, 0.25) is 0 Å². The summed E-state index contributed by atoms with van der Waals surface area (Å²) in [6.45, 7) is -2.64. The molecule has 0 heterocycles. The van der Waals surface area contributed by atoms with E-state index in [4.69, 9.17) is 5.73 Å². The van der Waals surface area contributed by atoms with Gasteiger partial charge in [-0.25, -0.2) is 0 Å². The largest absolute Gasteiger partial charge is 0.345 e. The van der Waals surface area contributed by atoms with E-state index in [0.29, 0.717) is 12.8 Å². The minimum absolute atomic E-state index is 0.0590. The molecule has 0 aliphatic heterocycles. The van der Waals surface area contributed by atoms with Gasteiger partial charge >= 0.3 is 6.61 Å². The molecule has 0 saturated heterocycles. The molecule has 2 atom stereocenters. The van der Waals surface area contributed by atoms with E-state index in [1.54, 1.807) is 0 Å². The van der Waals surface area contributed by atoms with Crippen LogP contribution in [0.15, 0.2) is 0 Å². The third kappa shape index (κ3) is 2.19. The maximum atomic E-state index is 11.6. The number of rotatable bonds is 2. The lowest BCUT2D eigenvalue weighted by molar-refractivity contribution is -0.160. The average molecular weight is 151 g/mol. The second kappa shape index (κ2) is 3.25. The number of hydrogen-bond donors (Lipinski definition) is 1. The van der Waals surface area contributed by atoms with Crippen LogP contribution in [-0.2, 0) is 4.74 Å². The fourth-order valence-electron chi connectivity index (χ4n) is 1.24. The van der Waals surface area contributed by atoms with Crippen molar-refractivity contribution in [1.29, 1.82) is 0 Å². The van der Waals surface area contributed by atoms with Gasteiger partial charge in [0, 0.05) is 6.04 Å². The van der Waals surface area contributed by atoms with Gasteiger partial charge in [-0.15, -0.1) is 0 Å². The molecule has 2 N–H and O–H groups in total. The highest BCUT2D eigenvalue weighted by atomic mass is 19.3. The van der Waals surface area contributed by atoms with Gasteiger partial charge in [0.15, 0.2) is 0 Å². The van der Waals surface area contributed by atoms with E-state index in [1.165, 1.54) is 0 Å². The molecule has 2 unspecified atom stereocenters. The summed E-state index contributed by atoms with van der Waals surface area (Å²) < 4.78 is 27.4. The lowest BCUT2D eigenvalue weighted by atomic mass is 10.3.